The van der Waals surface area contributed by atoms with Crippen molar-refractivity contribution in [2.24, 2.45) is 0 Å². The molecule has 0 aromatic rings. The van der Waals surface area contributed by atoms with Crippen LogP contribution in [0.3, 0.4) is 0 Å². The summed E-state index contributed by atoms with van der Waals surface area (Å²) in [5.74, 6) is 0. The Morgan fingerprint density at radius 2 is 0.778 bits per heavy atom. The predicted molar refractivity (Wildman–Crippen MR) is 71.1 cm³/mol. The van der Waals surface area contributed by atoms with E-state index in [2.05, 4.69) is 0 Å². The van der Waals surface area contributed by atoms with Crippen molar-refractivity contribution < 1.29 is 27.6 Å². The van der Waals surface area contributed by atoms with Crippen molar-refractivity contribution >= 4 is 16.8 Å². The maximum Gasteiger partial charge on any atom is 0.167 e. The largest absolute Gasteiger partial charge is 0.377 e. The first-order valence-electron chi connectivity index (χ1n) is 5.93. The zero-order valence-electron chi connectivity index (χ0n) is 11.0. The summed E-state index contributed by atoms with van der Waals surface area (Å²) in [6.45, 7) is 8.24. The minimum absolute atomic E-state index is 0.542. The molecule has 1 fully saturated rings. The Kier molecular flexibility index (Phi) is 10.6. The van der Waals surface area contributed by atoms with Crippen molar-refractivity contribution in [1.29, 1.82) is 0 Å². The Morgan fingerprint density at radius 1 is 0.500 bits per heavy atom. The van der Waals surface area contributed by atoms with Gasteiger partial charge in [-0.15, -0.1) is 0 Å². The Morgan fingerprint density at radius 3 is 1.06 bits per heavy atom. The lowest BCUT2D eigenvalue weighted by Crippen LogP contribution is -2.11. The van der Waals surface area contributed by atoms with Gasteiger partial charge in [0, 0.05) is 13.3 Å². The smallest absolute Gasteiger partial charge is 0.167 e. The summed E-state index contributed by atoms with van der Waals surface area (Å²) in [5.41, 5.74) is 0. The fraction of sp³-hybridized carbons (Fsp3) is 1.00. The Labute approximate surface area is 111 Å². The SMILES string of the molecule is CP1OCCOCCOP(C)OCCOCCO1. The highest BCUT2D eigenvalue weighted by Gasteiger charge is 2.05. The summed E-state index contributed by atoms with van der Waals surface area (Å²) in [7, 11) is -1.68. The van der Waals surface area contributed by atoms with E-state index < -0.39 is 16.8 Å². The molecule has 0 unspecified atom stereocenters. The molecule has 8 heteroatoms. The molecule has 0 spiro atoms. The minimum atomic E-state index is -0.838. The van der Waals surface area contributed by atoms with Gasteiger partial charge in [0.25, 0.3) is 0 Å². The Hall–Kier alpha value is 0.620. The molecule has 0 N–H and O–H groups in total. The van der Waals surface area contributed by atoms with E-state index in [9.17, 15) is 0 Å². The summed E-state index contributed by atoms with van der Waals surface area (Å²) in [6.07, 6.45) is 0. The second-order valence-corrected chi connectivity index (χ2v) is 6.23. The van der Waals surface area contributed by atoms with Crippen molar-refractivity contribution in [3.05, 3.63) is 0 Å². The second kappa shape index (κ2) is 11.4. The summed E-state index contributed by atoms with van der Waals surface area (Å²) in [4.78, 5) is 0. The van der Waals surface area contributed by atoms with Crippen LogP contribution in [0, 0.1) is 0 Å². The molecule has 6 nitrogen and oxygen atoms in total. The topological polar surface area (TPSA) is 55.4 Å². The first-order chi connectivity index (χ1) is 8.79. The van der Waals surface area contributed by atoms with E-state index >= 15 is 0 Å². The normalized spacial score (nSPS) is 31.0. The van der Waals surface area contributed by atoms with Crippen LogP contribution in [0.5, 0.6) is 0 Å². The molecule has 1 aliphatic heterocycles. The Bertz CT molecular complexity index is 161. The van der Waals surface area contributed by atoms with Crippen LogP contribution >= 0.6 is 16.8 Å². The Balaban J connectivity index is 2.17. The first-order valence-corrected chi connectivity index (χ1v) is 9.18. The van der Waals surface area contributed by atoms with Crippen LogP contribution in [0.2, 0.25) is 0 Å². The van der Waals surface area contributed by atoms with E-state index in [0.29, 0.717) is 52.9 Å². The van der Waals surface area contributed by atoms with Gasteiger partial charge in [-0.1, -0.05) is 0 Å². The average Bonchev–Trinajstić information content (AvgIpc) is 2.35. The van der Waals surface area contributed by atoms with Gasteiger partial charge >= 0.3 is 0 Å². The highest BCUT2D eigenvalue weighted by Crippen LogP contribution is 2.33. The molecule has 0 amide bonds. The highest BCUT2D eigenvalue weighted by atomic mass is 31.2. The molecular weight excluding hydrogens is 278 g/mol. The van der Waals surface area contributed by atoms with Crippen LogP contribution in [0.25, 0.3) is 0 Å². The molecule has 18 heavy (non-hydrogen) atoms. The van der Waals surface area contributed by atoms with E-state index in [4.69, 9.17) is 27.6 Å². The van der Waals surface area contributed by atoms with E-state index in [1.54, 1.807) is 0 Å². The number of ether oxygens (including phenoxy) is 2. The molecule has 0 aliphatic carbocycles. The summed E-state index contributed by atoms with van der Waals surface area (Å²) >= 11 is 0. The molecule has 1 saturated heterocycles. The van der Waals surface area contributed by atoms with Gasteiger partial charge < -0.3 is 27.6 Å². The average molecular weight is 300 g/mol. The van der Waals surface area contributed by atoms with Gasteiger partial charge in [-0.2, -0.15) is 0 Å². The molecule has 0 atom stereocenters. The van der Waals surface area contributed by atoms with Crippen molar-refractivity contribution in [3.63, 3.8) is 0 Å². The van der Waals surface area contributed by atoms with E-state index in [0.717, 1.165) is 0 Å². The van der Waals surface area contributed by atoms with Gasteiger partial charge in [0.1, 0.15) is 0 Å². The summed E-state index contributed by atoms with van der Waals surface area (Å²) in [5, 5.41) is 0. The molecule has 1 rings (SSSR count). The van der Waals surface area contributed by atoms with Crippen LogP contribution in [0.1, 0.15) is 0 Å². The third kappa shape index (κ3) is 9.54. The van der Waals surface area contributed by atoms with Gasteiger partial charge in [-0.05, 0) is 0 Å². The van der Waals surface area contributed by atoms with E-state index in [1.807, 2.05) is 13.3 Å². The monoisotopic (exact) mass is 300 g/mol. The van der Waals surface area contributed by atoms with E-state index in [-0.39, 0.29) is 0 Å². The maximum atomic E-state index is 5.46. The highest BCUT2D eigenvalue weighted by molar-refractivity contribution is 7.46. The summed E-state index contributed by atoms with van der Waals surface area (Å²) < 4.78 is 32.6. The molecule has 0 bridgehead atoms. The lowest BCUT2D eigenvalue weighted by Gasteiger charge is -2.16. The van der Waals surface area contributed by atoms with Gasteiger partial charge in [0.15, 0.2) is 16.8 Å². The number of hydrogen-bond donors (Lipinski definition) is 0. The number of rotatable bonds is 0. The molecular formula is C10H22O6P2. The van der Waals surface area contributed by atoms with Crippen LogP contribution in [0.15, 0.2) is 0 Å². The number of hydrogen-bond acceptors (Lipinski definition) is 6. The van der Waals surface area contributed by atoms with Crippen LogP contribution < -0.4 is 0 Å². The van der Waals surface area contributed by atoms with Crippen LogP contribution in [0.4, 0.5) is 0 Å². The molecule has 1 aliphatic rings. The molecule has 108 valence electrons. The third-order valence-corrected chi connectivity index (χ3v) is 4.19. The first kappa shape index (κ1) is 16.7. The molecule has 0 aromatic heterocycles. The lowest BCUT2D eigenvalue weighted by atomic mass is 10.7. The predicted octanol–water partition coefficient (Wildman–Crippen LogP) is 1.98. The zero-order chi connectivity index (χ0) is 13.1. The lowest BCUT2D eigenvalue weighted by molar-refractivity contribution is 0.0546. The fourth-order valence-electron chi connectivity index (χ4n) is 1.18. The molecule has 0 radical (unpaired) electrons. The van der Waals surface area contributed by atoms with E-state index in [1.165, 1.54) is 0 Å². The summed E-state index contributed by atoms with van der Waals surface area (Å²) in [6, 6.07) is 0. The van der Waals surface area contributed by atoms with Crippen molar-refractivity contribution in [2.45, 2.75) is 0 Å². The van der Waals surface area contributed by atoms with Crippen molar-refractivity contribution in [3.8, 4) is 0 Å². The van der Waals surface area contributed by atoms with Gasteiger partial charge in [0.2, 0.25) is 0 Å². The van der Waals surface area contributed by atoms with Crippen LogP contribution in [-0.2, 0) is 27.6 Å². The molecule has 1 heterocycles. The quantitative estimate of drug-likeness (QED) is 0.638. The van der Waals surface area contributed by atoms with Gasteiger partial charge in [0.05, 0.1) is 52.9 Å². The minimum Gasteiger partial charge on any atom is -0.377 e. The van der Waals surface area contributed by atoms with Crippen molar-refractivity contribution in [1.82, 2.24) is 0 Å². The zero-order valence-corrected chi connectivity index (χ0v) is 12.8. The van der Waals surface area contributed by atoms with Crippen molar-refractivity contribution in [2.75, 3.05) is 66.2 Å². The fourth-order valence-corrected chi connectivity index (χ4v) is 2.65. The van der Waals surface area contributed by atoms with Gasteiger partial charge in [-0.25, -0.2) is 0 Å². The van der Waals surface area contributed by atoms with Gasteiger partial charge in [-0.3, -0.25) is 0 Å². The maximum absolute atomic E-state index is 5.46. The van der Waals surface area contributed by atoms with Crippen LogP contribution in [-0.4, -0.2) is 66.2 Å². The standard InChI is InChI=1S/C10H22O6P2/c1-17-13-7-3-11-5-9-15-18(2)16-10-6-12-4-8-14-17/h3-10H2,1-2H3. The molecule has 0 saturated carbocycles. The second-order valence-electron chi connectivity index (χ2n) is 3.44. The molecule has 0 aromatic carbocycles. The third-order valence-electron chi connectivity index (χ3n) is 2.00.